The van der Waals surface area contributed by atoms with Crippen LogP contribution < -0.4 is 5.32 Å². The van der Waals surface area contributed by atoms with Crippen molar-refractivity contribution in [2.24, 2.45) is 10.8 Å². The van der Waals surface area contributed by atoms with Crippen molar-refractivity contribution >= 4 is 5.78 Å². The Morgan fingerprint density at radius 2 is 2.07 bits per heavy atom. The van der Waals surface area contributed by atoms with Crippen molar-refractivity contribution in [2.75, 3.05) is 13.1 Å². The van der Waals surface area contributed by atoms with Crippen molar-refractivity contribution in [2.45, 2.75) is 53.4 Å². The molecule has 1 heterocycles. The van der Waals surface area contributed by atoms with Gasteiger partial charge in [-0.3, -0.25) is 4.79 Å². The molecule has 1 aliphatic heterocycles. The summed E-state index contributed by atoms with van der Waals surface area (Å²) in [6, 6.07) is 0. The SMILES string of the molecule is CCC1(C(=O)CCC(C)(C)C)CCNC1. The minimum absolute atomic E-state index is 0.0365. The molecule has 1 rings (SSSR count). The molecule has 1 atom stereocenters. The van der Waals surface area contributed by atoms with E-state index in [0.717, 1.165) is 38.8 Å². The number of carbonyl (C=O) groups excluding carboxylic acids is 1. The van der Waals surface area contributed by atoms with Crippen LogP contribution in [0.15, 0.2) is 0 Å². The fraction of sp³-hybridized carbons (Fsp3) is 0.923. The van der Waals surface area contributed by atoms with E-state index in [2.05, 4.69) is 33.0 Å². The average molecular weight is 211 g/mol. The van der Waals surface area contributed by atoms with E-state index < -0.39 is 0 Å². The van der Waals surface area contributed by atoms with Gasteiger partial charge < -0.3 is 5.32 Å². The smallest absolute Gasteiger partial charge is 0.140 e. The fourth-order valence-corrected chi connectivity index (χ4v) is 2.23. The van der Waals surface area contributed by atoms with E-state index in [1.54, 1.807) is 0 Å². The van der Waals surface area contributed by atoms with Gasteiger partial charge in [-0.15, -0.1) is 0 Å². The zero-order chi connectivity index (χ0) is 11.5. The van der Waals surface area contributed by atoms with Crippen LogP contribution in [0.4, 0.5) is 0 Å². The molecule has 0 saturated carbocycles. The predicted molar refractivity (Wildman–Crippen MR) is 63.9 cm³/mol. The number of nitrogens with one attached hydrogen (secondary N) is 1. The summed E-state index contributed by atoms with van der Waals surface area (Å²) >= 11 is 0. The molecular formula is C13H25NO. The Hall–Kier alpha value is -0.370. The largest absolute Gasteiger partial charge is 0.316 e. The second-order valence-electron chi connectivity index (χ2n) is 6.04. The van der Waals surface area contributed by atoms with Crippen molar-refractivity contribution in [1.29, 1.82) is 0 Å². The van der Waals surface area contributed by atoms with Crippen LogP contribution in [0, 0.1) is 10.8 Å². The van der Waals surface area contributed by atoms with Crippen LogP contribution >= 0.6 is 0 Å². The topological polar surface area (TPSA) is 29.1 Å². The van der Waals surface area contributed by atoms with Gasteiger partial charge in [0.2, 0.25) is 0 Å². The van der Waals surface area contributed by atoms with Gasteiger partial charge >= 0.3 is 0 Å². The first-order valence-corrected chi connectivity index (χ1v) is 6.14. The van der Waals surface area contributed by atoms with E-state index in [1.807, 2.05) is 0 Å². The van der Waals surface area contributed by atoms with Crippen molar-refractivity contribution in [3.8, 4) is 0 Å². The minimum Gasteiger partial charge on any atom is -0.316 e. The molecule has 0 bridgehead atoms. The number of Topliss-reactive ketones (excluding diaryl/α,β-unsaturated/α-hetero) is 1. The van der Waals surface area contributed by atoms with Crippen molar-refractivity contribution < 1.29 is 4.79 Å². The summed E-state index contributed by atoms with van der Waals surface area (Å²) in [6.07, 6.45) is 3.78. The third-order valence-corrected chi connectivity index (χ3v) is 3.61. The van der Waals surface area contributed by atoms with Crippen molar-refractivity contribution in [1.82, 2.24) is 5.32 Å². The molecule has 1 saturated heterocycles. The average Bonchev–Trinajstić information content (AvgIpc) is 2.62. The highest BCUT2D eigenvalue weighted by Crippen LogP contribution is 2.33. The lowest BCUT2D eigenvalue weighted by Gasteiger charge is -2.27. The summed E-state index contributed by atoms with van der Waals surface area (Å²) in [5, 5.41) is 3.32. The highest BCUT2D eigenvalue weighted by molar-refractivity contribution is 5.85. The Morgan fingerprint density at radius 1 is 1.40 bits per heavy atom. The molecule has 1 aliphatic rings. The van der Waals surface area contributed by atoms with E-state index in [-0.39, 0.29) is 10.8 Å². The maximum Gasteiger partial charge on any atom is 0.140 e. The maximum absolute atomic E-state index is 12.2. The first kappa shape index (κ1) is 12.7. The molecule has 1 N–H and O–H groups in total. The molecule has 2 nitrogen and oxygen atoms in total. The lowest BCUT2D eigenvalue weighted by molar-refractivity contribution is -0.128. The lowest BCUT2D eigenvalue weighted by Crippen LogP contribution is -2.33. The van der Waals surface area contributed by atoms with Crippen molar-refractivity contribution in [3.63, 3.8) is 0 Å². The Morgan fingerprint density at radius 3 is 2.47 bits per heavy atom. The van der Waals surface area contributed by atoms with Crippen LogP contribution in [0.2, 0.25) is 0 Å². The summed E-state index contributed by atoms with van der Waals surface area (Å²) in [6.45, 7) is 10.6. The van der Waals surface area contributed by atoms with Crippen LogP contribution in [0.3, 0.4) is 0 Å². The van der Waals surface area contributed by atoms with Gasteiger partial charge in [0.1, 0.15) is 5.78 Å². The Kier molecular flexibility index (Phi) is 3.93. The number of carbonyl (C=O) groups is 1. The van der Waals surface area contributed by atoms with Gasteiger partial charge in [-0.05, 0) is 31.2 Å². The molecule has 0 spiro atoms. The molecular weight excluding hydrogens is 186 g/mol. The van der Waals surface area contributed by atoms with Crippen LogP contribution in [0.1, 0.15) is 53.4 Å². The molecule has 1 fully saturated rings. The van der Waals surface area contributed by atoms with Gasteiger partial charge in [0, 0.05) is 18.4 Å². The van der Waals surface area contributed by atoms with Crippen LogP contribution in [0.5, 0.6) is 0 Å². The second kappa shape index (κ2) is 4.65. The third-order valence-electron chi connectivity index (χ3n) is 3.61. The van der Waals surface area contributed by atoms with Gasteiger partial charge in [-0.2, -0.15) is 0 Å². The van der Waals surface area contributed by atoms with E-state index in [4.69, 9.17) is 0 Å². The van der Waals surface area contributed by atoms with Gasteiger partial charge in [0.05, 0.1) is 0 Å². The first-order valence-electron chi connectivity index (χ1n) is 6.14. The Balaban J connectivity index is 2.51. The summed E-state index contributed by atoms with van der Waals surface area (Å²) < 4.78 is 0. The number of hydrogen-bond acceptors (Lipinski definition) is 2. The Bertz CT molecular complexity index is 221. The number of hydrogen-bond donors (Lipinski definition) is 1. The lowest BCUT2D eigenvalue weighted by atomic mass is 9.76. The van der Waals surface area contributed by atoms with Crippen LogP contribution in [-0.2, 0) is 4.79 Å². The standard InChI is InChI=1S/C13H25NO/c1-5-13(8-9-14-10-13)11(15)6-7-12(2,3)4/h14H,5-10H2,1-4H3. The van der Waals surface area contributed by atoms with E-state index >= 15 is 0 Å². The normalized spacial score (nSPS) is 26.9. The van der Waals surface area contributed by atoms with Gasteiger partial charge in [0.25, 0.3) is 0 Å². The second-order valence-corrected chi connectivity index (χ2v) is 6.04. The maximum atomic E-state index is 12.2. The molecule has 0 aromatic carbocycles. The van der Waals surface area contributed by atoms with Gasteiger partial charge in [-0.1, -0.05) is 27.7 Å². The fourth-order valence-electron chi connectivity index (χ4n) is 2.23. The monoisotopic (exact) mass is 211 g/mol. The van der Waals surface area contributed by atoms with E-state index in [9.17, 15) is 4.79 Å². The summed E-state index contributed by atoms with van der Waals surface area (Å²) in [5.74, 6) is 0.477. The summed E-state index contributed by atoms with van der Waals surface area (Å²) in [5.41, 5.74) is 0.238. The third kappa shape index (κ3) is 3.30. The van der Waals surface area contributed by atoms with Gasteiger partial charge in [-0.25, -0.2) is 0 Å². The zero-order valence-electron chi connectivity index (χ0n) is 10.7. The van der Waals surface area contributed by atoms with E-state index in [0.29, 0.717) is 5.78 Å². The molecule has 0 aliphatic carbocycles. The number of ketones is 1. The quantitative estimate of drug-likeness (QED) is 0.774. The minimum atomic E-state index is -0.0365. The summed E-state index contributed by atoms with van der Waals surface area (Å²) in [7, 11) is 0. The summed E-state index contributed by atoms with van der Waals surface area (Å²) in [4.78, 5) is 12.2. The molecule has 0 radical (unpaired) electrons. The molecule has 2 heteroatoms. The molecule has 0 aromatic rings. The van der Waals surface area contributed by atoms with E-state index in [1.165, 1.54) is 0 Å². The van der Waals surface area contributed by atoms with Crippen LogP contribution in [0.25, 0.3) is 0 Å². The molecule has 0 aromatic heterocycles. The molecule has 15 heavy (non-hydrogen) atoms. The highest BCUT2D eigenvalue weighted by atomic mass is 16.1. The Labute approximate surface area is 93.8 Å². The molecule has 0 amide bonds. The first-order chi connectivity index (χ1) is 6.90. The highest BCUT2D eigenvalue weighted by Gasteiger charge is 2.38. The zero-order valence-corrected chi connectivity index (χ0v) is 10.7. The van der Waals surface area contributed by atoms with Crippen LogP contribution in [-0.4, -0.2) is 18.9 Å². The van der Waals surface area contributed by atoms with Crippen molar-refractivity contribution in [3.05, 3.63) is 0 Å². The molecule has 88 valence electrons. The predicted octanol–water partition coefficient (Wildman–Crippen LogP) is 2.77. The molecule has 1 unspecified atom stereocenters. The van der Waals surface area contributed by atoms with Gasteiger partial charge in [0.15, 0.2) is 0 Å². The number of rotatable bonds is 4.